The number of aliphatic hydroxyl groups is 1. The summed E-state index contributed by atoms with van der Waals surface area (Å²) in [4.78, 5) is 23.1. The van der Waals surface area contributed by atoms with Crippen molar-refractivity contribution in [2.45, 2.75) is 51.4 Å². The van der Waals surface area contributed by atoms with Crippen LogP contribution in [0.3, 0.4) is 0 Å². The van der Waals surface area contributed by atoms with Gasteiger partial charge in [-0.05, 0) is 38.7 Å². The maximum absolute atomic E-state index is 11.8. The van der Waals surface area contributed by atoms with E-state index in [0.29, 0.717) is 12.0 Å². The van der Waals surface area contributed by atoms with Crippen LogP contribution in [0.15, 0.2) is 36.0 Å². The molecule has 0 unspecified atom stereocenters. The highest BCUT2D eigenvalue weighted by molar-refractivity contribution is 5.82. The van der Waals surface area contributed by atoms with E-state index in [1.165, 1.54) is 32.3 Å². The van der Waals surface area contributed by atoms with Crippen molar-refractivity contribution in [2.75, 3.05) is 7.11 Å². The van der Waals surface area contributed by atoms with Gasteiger partial charge in [0.05, 0.1) is 5.60 Å². The van der Waals surface area contributed by atoms with Crippen LogP contribution in [-0.4, -0.2) is 42.3 Å². The van der Waals surface area contributed by atoms with Crippen LogP contribution in [0.4, 0.5) is 0 Å². The molecule has 1 aliphatic heterocycles. The molecule has 0 amide bonds. The molecule has 0 bridgehead atoms. The van der Waals surface area contributed by atoms with Crippen LogP contribution in [-0.2, 0) is 19.1 Å². The first-order chi connectivity index (χ1) is 10.8. The number of esters is 1. The number of cyclic esters (lactones) is 1. The molecule has 0 saturated carbocycles. The summed E-state index contributed by atoms with van der Waals surface area (Å²) < 4.78 is 10.6. The summed E-state index contributed by atoms with van der Waals surface area (Å²) >= 11 is 0. The predicted octanol–water partition coefficient (Wildman–Crippen LogP) is 2.35. The Labute approximate surface area is 137 Å². The third kappa shape index (κ3) is 6.50. The van der Waals surface area contributed by atoms with Gasteiger partial charge in [0.1, 0.15) is 18.5 Å². The van der Waals surface area contributed by atoms with Crippen molar-refractivity contribution >= 4 is 12.3 Å². The predicted molar refractivity (Wildman–Crippen MR) is 87.8 cm³/mol. The van der Waals surface area contributed by atoms with Gasteiger partial charge in [0, 0.05) is 18.8 Å². The lowest BCUT2D eigenvalue weighted by atomic mass is 9.97. The summed E-state index contributed by atoms with van der Waals surface area (Å²) in [6.07, 6.45) is 8.94. The number of carbonyl (C=O) groups excluding carboxylic acids is 2. The van der Waals surface area contributed by atoms with E-state index >= 15 is 0 Å². The Kier molecular flexibility index (Phi) is 7.39. The molecule has 0 saturated heterocycles. The van der Waals surface area contributed by atoms with Crippen molar-refractivity contribution in [3.63, 3.8) is 0 Å². The van der Waals surface area contributed by atoms with Gasteiger partial charge in [-0.1, -0.05) is 25.2 Å². The second kappa shape index (κ2) is 8.79. The van der Waals surface area contributed by atoms with E-state index in [4.69, 9.17) is 9.47 Å². The SMILES string of the molecule is CO[C@H]1/C=C/[C@@](C)(O)C=CC(=O)O[C@H](C)[C@@H](C)CC/C=C/1C=O. The Morgan fingerprint density at radius 3 is 2.70 bits per heavy atom. The summed E-state index contributed by atoms with van der Waals surface area (Å²) in [5, 5.41) is 10.2. The molecule has 128 valence electrons. The zero-order valence-corrected chi connectivity index (χ0v) is 14.2. The van der Waals surface area contributed by atoms with Crippen LogP contribution >= 0.6 is 0 Å². The molecule has 0 aromatic heterocycles. The molecule has 0 spiro atoms. The van der Waals surface area contributed by atoms with Crippen LogP contribution in [0, 0.1) is 5.92 Å². The second-order valence-electron chi connectivity index (χ2n) is 6.09. The standard InChI is InChI=1S/C18H26O5/c1-13-6-5-7-15(12-19)16(22-4)8-10-18(3,21)11-9-17(20)23-14(13)2/h7-14,16,21H,5-6H2,1-4H3/b10-8+,11-9?,15-7+/t13-,14+,16-,18+/m0/s1. The topological polar surface area (TPSA) is 72.8 Å². The van der Waals surface area contributed by atoms with Gasteiger partial charge in [-0.15, -0.1) is 0 Å². The molecule has 1 heterocycles. The Hall–Kier alpha value is -1.72. The number of methoxy groups -OCH3 is 1. The molecule has 0 aliphatic carbocycles. The average Bonchev–Trinajstić information content (AvgIpc) is 2.50. The molecule has 0 radical (unpaired) electrons. The Morgan fingerprint density at radius 2 is 2.09 bits per heavy atom. The molecular formula is C18H26O5. The first-order valence-corrected chi connectivity index (χ1v) is 7.78. The highest BCUT2D eigenvalue weighted by atomic mass is 16.5. The zero-order valence-electron chi connectivity index (χ0n) is 14.2. The molecule has 5 heteroatoms. The van der Waals surface area contributed by atoms with Crippen molar-refractivity contribution < 1.29 is 24.2 Å². The molecule has 4 atom stereocenters. The third-order valence-electron chi connectivity index (χ3n) is 3.99. The molecular weight excluding hydrogens is 296 g/mol. The monoisotopic (exact) mass is 322 g/mol. The molecule has 1 rings (SSSR count). The second-order valence-corrected chi connectivity index (χ2v) is 6.09. The summed E-state index contributed by atoms with van der Waals surface area (Å²) in [7, 11) is 1.50. The lowest BCUT2D eigenvalue weighted by molar-refractivity contribution is -0.144. The first kappa shape index (κ1) is 19.3. The number of carbonyl (C=O) groups is 2. The number of rotatable bonds is 2. The van der Waals surface area contributed by atoms with Crippen LogP contribution in [0.25, 0.3) is 0 Å². The highest BCUT2D eigenvalue weighted by Gasteiger charge is 2.19. The normalized spacial score (nSPS) is 37.2. The smallest absolute Gasteiger partial charge is 0.330 e. The summed E-state index contributed by atoms with van der Waals surface area (Å²) in [6, 6.07) is 0. The molecule has 0 aromatic rings. The molecule has 5 nitrogen and oxygen atoms in total. The number of aldehydes is 1. The fourth-order valence-corrected chi connectivity index (χ4v) is 2.22. The number of ether oxygens (including phenoxy) is 2. The van der Waals surface area contributed by atoms with E-state index in [9.17, 15) is 14.7 Å². The maximum Gasteiger partial charge on any atom is 0.330 e. The van der Waals surface area contributed by atoms with Gasteiger partial charge in [0.2, 0.25) is 0 Å². The minimum atomic E-state index is -1.34. The maximum atomic E-state index is 11.8. The van der Waals surface area contributed by atoms with Crippen molar-refractivity contribution in [1.29, 1.82) is 0 Å². The number of hydrogen-bond acceptors (Lipinski definition) is 5. The van der Waals surface area contributed by atoms with Crippen LogP contribution in [0.2, 0.25) is 0 Å². The molecule has 0 fully saturated rings. The lowest BCUT2D eigenvalue weighted by Gasteiger charge is -2.21. The van der Waals surface area contributed by atoms with Crippen LogP contribution < -0.4 is 0 Å². The minimum Gasteiger partial charge on any atom is -0.459 e. The third-order valence-corrected chi connectivity index (χ3v) is 3.99. The molecule has 1 N–H and O–H groups in total. The Morgan fingerprint density at radius 1 is 1.39 bits per heavy atom. The largest absolute Gasteiger partial charge is 0.459 e. The summed E-state index contributed by atoms with van der Waals surface area (Å²) in [6.45, 7) is 5.36. The fourth-order valence-electron chi connectivity index (χ4n) is 2.22. The Bertz CT molecular complexity index is 502. The Balaban J connectivity index is 3.12. The molecule has 0 aromatic carbocycles. The molecule has 23 heavy (non-hydrogen) atoms. The van der Waals surface area contributed by atoms with E-state index in [1.807, 2.05) is 19.9 Å². The van der Waals surface area contributed by atoms with Crippen molar-refractivity contribution in [1.82, 2.24) is 0 Å². The van der Waals surface area contributed by atoms with Gasteiger partial charge in [0.15, 0.2) is 0 Å². The van der Waals surface area contributed by atoms with Gasteiger partial charge < -0.3 is 14.6 Å². The van der Waals surface area contributed by atoms with Gasteiger partial charge in [-0.25, -0.2) is 4.79 Å². The lowest BCUT2D eigenvalue weighted by Crippen LogP contribution is -2.23. The van der Waals surface area contributed by atoms with E-state index < -0.39 is 17.7 Å². The van der Waals surface area contributed by atoms with E-state index in [-0.39, 0.29) is 12.0 Å². The quantitative estimate of drug-likeness (QED) is 0.480. The van der Waals surface area contributed by atoms with Crippen molar-refractivity contribution in [3.8, 4) is 0 Å². The number of allylic oxidation sites excluding steroid dienone is 1. The van der Waals surface area contributed by atoms with Crippen LogP contribution in [0.5, 0.6) is 0 Å². The minimum absolute atomic E-state index is 0.150. The fraction of sp³-hybridized carbons (Fsp3) is 0.556. The van der Waals surface area contributed by atoms with Gasteiger partial charge >= 0.3 is 5.97 Å². The zero-order chi connectivity index (χ0) is 17.5. The van der Waals surface area contributed by atoms with E-state index in [0.717, 1.165) is 12.7 Å². The highest BCUT2D eigenvalue weighted by Crippen LogP contribution is 2.18. The van der Waals surface area contributed by atoms with Gasteiger partial charge in [-0.2, -0.15) is 0 Å². The number of hydrogen-bond donors (Lipinski definition) is 1. The molecule has 1 aliphatic rings. The van der Waals surface area contributed by atoms with Gasteiger partial charge in [-0.3, -0.25) is 4.79 Å². The average molecular weight is 322 g/mol. The van der Waals surface area contributed by atoms with Gasteiger partial charge in [0.25, 0.3) is 0 Å². The van der Waals surface area contributed by atoms with Crippen LogP contribution in [0.1, 0.15) is 33.6 Å². The van der Waals surface area contributed by atoms with E-state index in [1.54, 1.807) is 6.08 Å². The van der Waals surface area contributed by atoms with E-state index in [2.05, 4.69) is 0 Å². The van der Waals surface area contributed by atoms with Crippen molar-refractivity contribution in [3.05, 3.63) is 36.0 Å². The first-order valence-electron chi connectivity index (χ1n) is 7.78. The summed E-state index contributed by atoms with van der Waals surface area (Å²) in [5.74, 6) is -0.334. The van der Waals surface area contributed by atoms with Crippen molar-refractivity contribution in [2.24, 2.45) is 5.92 Å². The summed E-state index contributed by atoms with van der Waals surface area (Å²) in [5.41, 5.74) is -0.833.